The standard InChI is InChI=1S/C15H17N7O8S/c1-28-14(26)17-6-4-9-7(3-8(6)23)16-11-18-13(31-5-10(24)25)19-12(22(11)30-9)20-21-15(27)29-2/h3-4,12,20,23H,5H2,1-2H3,(H,17,26)(H,21,27)(H,24,25)(H,16,18,19). The number of methoxy groups -OCH3 is 2. The first kappa shape index (κ1) is 21.8. The predicted octanol–water partition coefficient (Wildman–Crippen LogP) is 0.279. The molecule has 0 aromatic heterocycles. The molecule has 2 heterocycles. The zero-order chi connectivity index (χ0) is 22.5. The van der Waals surface area contributed by atoms with Crippen molar-refractivity contribution in [2.75, 3.05) is 30.6 Å². The number of carboxylic acids is 1. The van der Waals surface area contributed by atoms with Crippen LogP contribution in [-0.2, 0) is 14.3 Å². The first-order valence-electron chi connectivity index (χ1n) is 8.37. The molecule has 2 aliphatic heterocycles. The second-order valence-electron chi connectivity index (χ2n) is 5.69. The van der Waals surface area contributed by atoms with Crippen LogP contribution in [0.2, 0.25) is 0 Å². The van der Waals surface area contributed by atoms with Crippen LogP contribution in [0.15, 0.2) is 22.1 Å². The number of hydrogen-bond acceptors (Lipinski definition) is 13. The molecule has 3 rings (SSSR count). The van der Waals surface area contributed by atoms with Gasteiger partial charge in [0.25, 0.3) is 0 Å². The van der Waals surface area contributed by atoms with Crippen molar-refractivity contribution in [3.63, 3.8) is 0 Å². The van der Waals surface area contributed by atoms with Crippen LogP contribution in [0.25, 0.3) is 0 Å². The Labute approximate surface area is 178 Å². The van der Waals surface area contributed by atoms with Crippen LogP contribution in [0.3, 0.4) is 0 Å². The molecule has 15 nitrogen and oxygen atoms in total. The Balaban J connectivity index is 1.88. The number of carbonyl (C=O) groups excluding carboxylic acids is 2. The number of carboxylic acid groups (broad SMARTS) is 1. The molecule has 16 heteroatoms. The Morgan fingerprint density at radius 3 is 2.71 bits per heavy atom. The lowest BCUT2D eigenvalue weighted by molar-refractivity contribution is -0.133. The van der Waals surface area contributed by atoms with E-state index in [1.807, 2.05) is 0 Å². The number of hydrazine groups is 1. The number of hydroxylamine groups is 2. The minimum atomic E-state index is -1.07. The summed E-state index contributed by atoms with van der Waals surface area (Å²) in [6.45, 7) is 0. The van der Waals surface area contributed by atoms with Crippen molar-refractivity contribution < 1.29 is 38.9 Å². The second kappa shape index (κ2) is 9.26. The lowest BCUT2D eigenvalue weighted by Gasteiger charge is -2.37. The molecular weight excluding hydrogens is 438 g/mol. The number of benzene rings is 1. The molecule has 2 aliphatic rings. The summed E-state index contributed by atoms with van der Waals surface area (Å²) in [4.78, 5) is 47.8. The third-order valence-corrected chi connectivity index (χ3v) is 4.49. The monoisotopic (exact) mass is 455 g/mol. The number of amides is 2. The Kier molecular flexibility index (Phi) is 6.51. The molecule has 2 amide bonds. The van der Waals surface area contributed by atoms with E-state index in [0.717, 1.165) is 16.8 Å². The van der Waals surface area contributed by atoms with Crippen LogP contribution in [0.4, 0.5) is 21.0 Å². The number of nitrogens with zero attached hydrogens (tertiary/aromatic N) is 3. The maximum Gasteiger partial charge on any atom is 0.421 e. The Morgan fingerprint density at radius 1 is 1.29 bits per heavy atom. The molecule has 31 heavy (non-hydrogen) atoms. The Hall–Kier alpha value is -3.92. The number of rotatable bonds is 5. The molecule has 1 aromatic rings. The van der Waals surface area contributed by atoms with Gasteiger partial charge in [0.05, 0.1) is 31.3 Å². The minimum Gasteiger partial charge on any atom is -0.506 e. The van der Waals surface area contributed by atoms with Crippen LogP contribution < -0.4 is 26.3 Å². The van der Waals surface area contributed by atoms with Gasteiger partial charge >= 0.3 is 18.2 Å². The Morgan fingerprint density at radius 2 is 2.03 bits per heavy atom. The normalized spacial score (nSPS) is 16.3. The lowest BCUT2D eigenvalue weighted by Crippen LogP contribution is -2.59. The molecule has 166 valence electrons. The highest BCUT2D eigenvalue weighted by Gasteiger charge is 2.35. The fourth-order valence-corrected chi connectivity index (χ4v) is 2.89. The van der Waals surface area contributed by atoms with Gasteiger partial charge in [-0.15, -0.1) is 5.06 Å². The largest absolute Gasteiger partial charge is 0.506 e. The number of aliphatic carboxylic acids is 1. The van der Waals surface area contributed by atoms with Gasteiger partial charge in [0.1, 0.15) is 5.75 Å². The van der Waals surface area contributed by atoms with Crippen molar-refractivity contribution in [3.8, 4) is 11.5 Å². The molecule has 0 radical (unpaired) electrons. The summed E-state index contributed by atoms with van der Waals surface area (Å²) >= 11 is 0.847. The zero-order valence-electron chi connectivity index (χ0n) is 16.0. The molecule has 1 aromatic carbocycles. The van der Waals surface area contributed by atoms with Gasteiger partial charge in [-0.05, 0) is 0 Å². The van der Waals surface area contributed by atoms with Gasteiger partial charge in [-0.1, -0.05) is 11.8 Å². The van der Waals surface area contributed by atoms with Crippen molar-refractivity contribution in [2.24, 2.45) is 9.98 Å². The van der Waals surface area contributed by atoms with Crippen LogP contribution in [0, 0.1) is 0 Å². The minimum absolute atomic E-state index is 0.0168. The summed E-state index contributed by atoms with van der Waals surface area (Å²) in [6.07, 6.45) is -2.68. The average Bonchev–Trinajstić information content (AvgIpc) is 2.74. The number of thioether (sulfide) groups is 1. The molecule has 0 saturated carbocycles. The summed E-state index contributed by atoms with van der Waals surface area (Å²) < 4.78 is 8.99. The summed E-state index contributed by atoms with van der Waals surface area (Å²) in [6, 6.07) is 2.61. The summed E-state index contributed by atoms with van der Waals surface area (Å²) in [5.41, 5.74) is 5.11. The van der Waals surface area contributed by atoms with Crippen molar-refractivity contribution >= 4 is 52.4 Å². The average molecular weight is 455 g/mol. The van der Waals surface area contributed by atoms with Crippen molar-refractivity contribution in [1.29, 1.82) is 0 Å². The maximum atomic E-state index is 11.5. The molecular formula is C15H17N7O8S. The third kappa shape index (κ3) is 5.17. The van der Waals surface area contributed by atoms with E-state index >= 15 is 0 Å². The molecule has 0 saturated heterocycles. The summed E-state index contributed by atoms with van der Waals surface area (Å²) in [5.74, 6) is -1.38. The number of amidine groups is 1. The molecule has 1 unspecified atom stereocenters. The van der Waals surface area contributed by atoms with Crippen LogP contribution in [0.5, 0.6) is 11.5 Å². The molecule has 1 atom stereocenters. The third-order valence-electron chi connectivity index (χ3n) is 3.64. The van der Waals surface area contributed by atoms with E-state index in [0.29, 0.717) is 5.69 Å². The highest BCUT2D eigenvalue weighted by Crippen LogP contribution is 2.39. The van der Waals surface area contributed by atoms with Crippen LogP contribution in [0.1, 0.15) is 0 Å². The predicted molar refractivity (Wildman–Crippen MR) is 108 cm³/mol. The fraction of sp³-hybridized carbons (Fsp3) is 0.267. The van der Waals surface area contributed by atoms with Crippen LogP contribution >= 0.6 is 11.8 Å². The number of carbonyl (C=O) groups is 3. The van der Waals surface area contributed by atoms with E-state index in [1.54, 1.807) is 0 Å². The number of hydrogen-bond donors (Lipinski definition) is 6. The SMILES string of the molecule is COC(=O)NNC1N=C(SCC(=O)O)N=C2Nc3cc(O)c(NC(=O)OC)cc3ON21. The maximum absolute atomic E-state index is 11.5. The van der Waals surface area contributed by atoms with Gasteiger partial charge in [0.15, 0.2) is 10.9 Å². The second-order valence-corrected chi connectivity index (χ2v) is 6.63. The highest BCUT2D eigenvalue weighted by atomic mass is 32.2. The van der Waals surface area contributed by atoms with Crippen molar-refractivity contribution in [1.82, 2.24) is 15.9 Å². The smallest absolute Gasteiger partial charge is 0.421 e. The van der Waals surface area contributed by atoms with Gasteiger partial charge in [0, 0.05) is 12.1 Å². The van der Waals surface area contributed by atoms with E-state index < -0.39 is 24.4 Å². The van der Waals surface area contributed by atoms with Gasteiger partial charge in [-0.2, -0.15) is 10.4 Å². The molecule has 0 aliphatic carbocycles. The number of fused-ring (bicyclic) bond motifs is 2. The lowest BCUT2D eigenvalue weighted by atomic mass is 10.2. The van der Waals surface area contributed by atoms with Gasteiger partial charge in [-0.3, -0.25) is 15.5 Å². The van der Waals surface area contributed by atoms with Crippen LogP contribution in [-0.4, -0.2) is 70.8 Å². The number of guanidine groups is 1. The number of aromatic hydroxyl groups is 1. The summed E-state index contributed by atoms with van der Waals surface area (Å²) in [7, 11) is 2.33. The van der Waals surface area contributed by atoms with Gasteiger partial charge in [-0.25, -0.2) is 14.6 Å². The zero-order valence-corrected chi connectivity index (χ0v) is 16.8. The number of nitrogens with one attached hydrogen (secondary N) is 4. The van der Waals surface area contributed by atoms with Crippen molar-refractivity contribution in [3.05, 3.63) is 12.1 Å². The van der Waals surface area contributed by atoms with E-state index in [1.165, 1.54) is 26.4 Å². The van der Waals surface area contributed by atoms with E-state index in [2.05, 4.69) is 40.9 Å². The van der Waals surface area contributed by atoms with E-state index in [4.69, 9.17) is 9.94 Å². The summed E-state index contributed by atoms with van der Waals surface area (Å²) in [5, 5.41) is 25.5. The molecule has 6 N–H and O–H groups in total. The number of aliphatic imine (C=N–C) groups is 2. The first-order chi connectivity index (χ1) is 14.8. The van der Waals surface area contributed by atoms with Gasteiger partial charge < -0.3 is 29.8 Å². The topological polar surface area (TPSA) is 195 Å². The number of anilines is 2. The molecule has 0 fully saturated rings. The van der Waals surface area contributed by atoms with Gasteiger partial charge in [0.2, 0.25) is 12.2 Å². The fourth-order valence-electron chi connectivity index (χ4n) is 2.31. The number of ether oxygens (including phenoxy) is 2. The molecule has 0 bridgehead atoms. The van der Waals surface area contributed by atoms with Crippen molar-refractivity contribution in [2.45, 2.75) is 6.29 Å². The van der Waals surface area contributed by atoms with E-state index in [9.17, 15) is 19.5 Å². The Bertz CT molecular complexity index is 969. The number of phenolic OH excluding ortho intramolecular Hbond substituents is 1. The number of phenols is 1. The quantitative estimate of drug-likeness (QED) is 0.262. The van der Waals surface area contributed by atoms with E-state index in [-0.39, 0.29) is 34.1 Å². The molecule has 0 spiro atoms. The highest BCUT2D eigenvalue weighted by molar-refractivity contribution is 8.14. The first-order valence-corrected chi connectivity index (χ1v) is 9.36.